The predicted molar refractivity (Wildman–Crippen MR) is 81.0 cm³/mol. The number of fused-ring (bicyclic) bond motifs is 1. The Balaban J connectivity index is 2.20. The van der Waals surface area contributed by atoms with Crippen molar-refractivity contribution in [2.24, 2.45) is 0 Å². The molecule has 0 fully saturated rings. The summed E-state index contributed by atoms with van der Waals surface area (Å²) in [5.74, 6) is 0. The smallest absolute Gasteiger partial charge is 0.00552 e. The van der Waals surface area contributed by atoms with Gasteiger partial charge in [-0.2, -0.15) is 0 Å². The molecule has 18 heavy (non-hydrogen) atoms. The summed E-state index contributed by atoms with van der Waals surface area (Å²) in [6.07, 6.45) is 7.85. The maximum absolute atomic E-state index is 2.36. The molecule has 0 amide bonds. The Morgan fingerprint density at radius 3 is 2.50 bits per heavy atom. The molecule has 1 aromatic carbocycles. The summed E-state index contributed by atoms with van der Waals surface area (Å²) in [5.41, 5.74) is 9.34. The summed E-state index contributed by atoms with van der Waals surface area (Å²) >= 11 is 0. The molecule has 0 nitrogen and oxygen atoms in total. The summed E-state index contributed by atoms with van der Waals surface area (Å²) in [6, 6.07) is 4.68. The molecule has 1 aromatic rings. The van der Waals surface area contributed by atoms with Crippen LogP contribution in [0.5, 0.6) is 0 Å². The Hall–Kier alpha value is -1.04. The molecule has 0 N–H and O–H groups in total. The minimum Gasteiger partial charge on any atom is -0.0654 e. The fourth-order valence-corrected chi connectivity index (χ4v) is 3.06. The van der Waals surface area contributed by atoms with Gasteiger partial charge < -0.3 is 0 Å². The molecule has 2 rings (SSSR count). The Morgan fingerprint density at radius 1 is 1.00 bits per heavy atom. The van der Waals surface area contributed by atoms with Gasteiger partial charge >= 0.3 is 0 Å². The minimum absolute atomic E-state index is 1.18. The van der Waals surface area contributed by atoms with E-state index in [-0.39, 0.29) is 0 Å². The van der Waals surface area contributed by atoms with Gasteiger partial charge in [0, 0.05) is 0 Å². The fourth-order valence-electron chi connectivity index (χ4n) is 3.06. The summed E-state index contributed by atoms with van der Waals surface area (Å²) in [5, 5.41) is 0. The van der Waals surface area contributed by atoms with Gasteiger partial charge in [-0.15, -0.1) is 0 Å². The lowest BCUT2D eigenvalue weighted by Crippen LogP contribution is -1.97. The molecule has 0 unspecified atom stereocenters. The Labute approximate surface area is 112 Å². The molecule has 0 heteroatoms. The average Bonchev–Trinajstić information content (AvgIpc) is 2.66. The first kappa shape index (κ1) is 13.4. The SMILES string of the molecule is CCCCCCc1ccc(C)c2c1C(C)=C(C)C2. The first-order valence-electron chi connectivity index (χ1n) is 7.43. The quantitative estimate of drug-likeness (QED) is 0.601. The van der Waals surface area contributed by atoms with Gasteiger partial charge in [0.2, 0.25) is 0 Å². The van der Waals surface area contributed by atoms with E-state index in [1.54, 1.807) is 27.8 Å². The van der Waals surface area contributed by atoms with Gasteiger partial charge in [-0.1, -0.05) is 43.9 Å². The molecule has 98 valence electrons. The summed E-state index contributed by atoms with van der Waals surface area (Å²) in [6.45, 7) is 9.12. The van der Waals surface area contributed by atoms with E-state index in [0.29, 0.717) is 0 Å². The van der Waals surface area contributed by atoms with Crippen LogP contribution in [-0.2, 0) is 12.8 Å². The van der Waals surface area contributed by atoms with Crippen molar-refractivity contribution in [1.82, 2.24) is 0 Å². The number of aryl methyl sites for hydroxylation is 2. The van der Waals surface area contributed by atoms with Gasteiger partial charge in [-0.25, -0.2) is 0 Å². The first-order chi connectivity index (χ1) is 8.65. The average molecular weight is 242 g/mol. The molecule has 0 saturated carbocycles. The van der Waals surface area contributed by atoms with Gasteiger partial charge in [0.25, 0.3) is 0 Å². The molecule has 0 aliphatic heterocycles. The van der Waals surface area contributed by atoms with E-state index in [2.05, 4.69) is 39.8 Å². The van der Waals surface area contributed by atoms with E-state index < -0.39 is 0 Å². The standard InChI is InChI=1S/C18H26/c1-5-6-7-8-9-16-11-10-13(2)17-12-14(3)15(4)18(16)17/h10-11H,5-9,12H2,1-4H3. The van der Waals surface area contributed by atoms with Crippen molar-refractivity contribution < 1.29 is 0 Å². The van der Waals surface area contributed by atoms with Gasteiger partial charge in [0.1, 0.15) is 0 Å². The second kappa shape index (κ2) is 5.73. The number of hydrogen-bond donors (Lipinski definition) is 0. The second-order valence-corrected chi connectivity index (χ2v) is 5.79. The lowest BCUT2D eigenvalue weighted by atomic mass is 9.93. The predicted octanol–water partition coefficient (Wildman–Crippen LogP) is 5.47. The highest BCUT2D eigenvalue weighted by molar-refractivity contribution is 5.78. The van der Waals surface area contributed by atoms with Crippen LogP contribution >= 0.6 is 0 Å². The molecule has 0 bridgehead atoms. The third kappa shape index (κ3) is 2.53. The van der Waals surface area contributed by atoms with Crippen molar-refractivity contribution in [3.8, 4) is 0 Å². The van der Waals surface area contributed by atoms with Crippen molar-refractivity contribution in [2.75, 3.05) is 0 Å². The Bertz CT molecular complexity index is 463. The lowest BCUT2D eigenvalue weighted by molar-refractivity contribution is 0.666. The monoisotopic (exact) mass is 242 g/mol. The van der Waals surface area contributed by atoms with Crippen LogP contribution in [0.2, 0.25) is 0 Å². The van der Waals surface area contributed by atoms with Gasteiger partial charge in [-0.3, -0.25) is 0 Å². The van der Waals surface area contributed by atoms with Crippen LogP contribution in [0.4, 0.5) is 0 Å². The van der Waals surface area contributed by atoms with E-state index in [1.807, 2.05) is 0 Å². The summed E-state index contributed by atoms with van der Waals surface area (Å²) in [7, 11) is 0. The van der Waals surface area contributed by atoms with Crippen molar-refractivity contribution in [3.05, 3.63) is 40.0 Å². The molecular formula is C18H26. The van der Waals surface area contributed by atoms with Crippen LogP contribution < -0.4 is 0 Å². The lowest BCUT2D eigenvalue weighted by Gasteiger charge is -2.12. The van der Waals surface area contributed by atoms with Crippen LogP contribution in [0.3, 0.4) is 0 Å². The van der Waals surface area contributed by atoms with Gasteiger partial charge in [-0.05, 0) is 67.9 Å². The van der Waals surface area contributed by atoms with Crippen molar-refractivity contribution in [2.45, 2.75) is 66.2 Å². The van der Waals surface area contributed by atoms with Gasteiger partial charge in [0.05, 0.1) is 0 Å². The topological polar surface area (TPSA) is 0 Å². The number of benzene rings is 1. The van der Waals surface area contributed by atoms with E-state index in [4.69, 9.17) is 0 Å². The molecule has 0 heterocycles. The van der Waals surface area contributed by atoms with Crippen molar-refractivity contribution in [3.63, 3.8) is 0 Å². The first-order valence-corrected chi connectivity index (χ1v) is 7.43. The Morgan fingerprint density at radius 2 is 1.78 bits per heavy atom. The molecule has 0 aromatic heterocycles. The minimum atomic E-state index is 1.18. The molecule has 0 spiro atoms. The van der Waals surface area contributed by atoms with Crippen molar-refractivity contribution in [1.29, 1.82) is 0 Å². The van der Waals surface area contributed by atoms with Crippen LogP contribution in [0.1, 0.15) is 68.7 Å². The maximum Gasteiger partial charge on any atom is -0.00552 e. The second-order valence-electron chi connectivity index (χ2n) is 5.79. The molecular weight excluding hydrogens is 216 g/mol. The normalized spacial score (nSPS) is 14.2. The largest absolute Gasteiger partial charge is 0.0654 e. The van der Waals surface area contributed by atoms with E-state index >= 15 is 0 Å². The fraction of sp³-hybridized carbons (Fsp3) is 0.556. The maximum atomic E-state index is 2.36. The zero-order valence-electron chi connectivity index (χ0n) is 12.4. The number of hydrogen-bond acceptors (Lipinski definition) is 0. The van der Waals surface area contributed by atoms with E-state index in [9.17, 15) is 0 Å². The van der Waals surface area contributed by atoms with Crippen LogP contribution in [0.15, 0.2) is 17.7 Å². The van der Waals surface area contributed by atoms with E-state index in [0.717, 1.165) is 0 Å². The van der Waals surface area contributed by atoms with Crippen LogP contribution in [0.25, 0.3) is 5.57 Å². The van der Waals surface area contributed by atoms with Gasteiger partial charge in [0.15, 0.2) is 0 Å². The zero-order chi connectivity index (χ0) is 13.1. The Kier molecular flexibility index (Phi) is 4.27. The van der Waals surface area contributed by atoms with E-state index in [1.165, 1.54) is 44.1 Å². The highest BCUT2D eigenvalue weighted by atomic mass is 14.2. The molecule has 0 atom stereocenters. The number of unbranched alkanes of at least 4 members (excludes halogenated alkanes) is 3. The highest BCUT2D eigenvalue weighted by Gasteiger charge is 2.20. The number of rotatable bonds is 5. The zero-order valence-corrected chi connectivity index (χ0v) is 12.4. The third-order valence-electron chi connectivity index (χ3n) is 4.39. The summed E-state index contributed by atoms with van der Waals surface area (Å²) in [4.78, 5) is 0. The third-order valence-corrected chi connectivity index (χ3v) is 4.39. The molecule has 0 saturated heterocycles. The number of allylic oxidation sites excluding steroid dienone is 2. The van der Waals surface area contributed by atoms with Crippen LogP contribution in [-0.4, -0.2) is 0 Å². The van der Waals surface area contributed by atoms with Crippen molar-refractivity contribution >= 4 is 5.57 Å². The molecule has 1 aliphatic carbocycles. The molecule has 0 radical (unpaired) electrons. The highest BCUT2D eigenvalue weighted by Crippen LogP contribution is 2.37. The van der Waals surface area contributed by atoms with Crippen LogP contribution in [0, 0.1) is 6.92 Å². The summed E-state index contributed by atoms with van der Waals surface area (Å²) < 4.78 is 0. The molecule has 1 aliphatic rings.